The molecule has 1 aliphatic heterocycles. The largest absolute Gasteiger partial charge is 0.493 e. The van der Waals surface area contributed by atoms with Gasteiger partial charge in [0, 0.05) is 11.0 Å². The van der Waals surface area contributed by atoms with Gasteiger partial charge in [0.25, 0.3) is 0 Å². The smallest absolute Gasteiger partial charge is 0.411 e. The van der Waals surface area contributed by atoms with Gasteiger partial charge >= 0.3 is 12.1 Å². The predicted octanol–water partition coefficient (Wildman–Crippen LogP) is 2.85. The van der Waals surface area contributed by atoms with Gasteiger partial charge in [-0.15, -0.1) is 0 Å². The molecule has 1 saturated carbocycles. The number of ether oxygens (including phenoxy) is 3. The number of halogens is 3. The van der Waals surface area contributed by atoms with Crippen LogP contribution in [0, 0.1) is 5.92 Å². The number of carbonyl (C=O) groups excluding carboxylic acids is 1. The second-order valence-electron chi connectivity index (χ2n) is 5.84. The lowest BCUT2D eigenvalue weighted by atomic mass is 9.87. The molecule has 1 aromatic rings. The van der Waals surface area contributed by atoms with Crippen molar-refractivity contribution >= 4 is 5.97 Å². The van der Waals surface area contributed by atoms with E-state index in [1.54, 1.807) is 0 Å². The SMILES string of the molecule is O=C(OCCOCC(F)(F)F)[C@@H]1C[C@@]12CCOc1ccccc12. The summed E-state index contributed by atoms with van der Waals surface area (Å²) >= 11 is 0. The van der Waals surface area contributed by atoms with Crippen LogP contribution in [0.25, 0.3) is 0 Å². The van der Waals surface area contributed by atoms with Crippen LogP contribution in [-0.4, -0.2) is 38.6 Å². The fourth-order valence-corrected chi connectivity index (χ4v) is 3.16. The standard InChI is InChI=1S/C16H17F3O4/c17-16(18,19)10-21-7-8-23-14(20)12-9-15(12)5-6-22-13-4-2-1-3-11(13)15/h1-4,12H,5-10H2/t12-,15+/m0/s1. The minimum absolute atomic E-state index is 0.167. The number of para-hydroxylation sites is 1. The van der Waals surface area contributed by atoms with Crippen LogP contribution < -0.4 is 4.74 Å². The second-order valence-corrected chi connectivity index (χ2v) is 5.84. The molecule has 1 fully saturated rings. The van der Waals surface area contributed by atoms with E-state index in [1.807, 2.05) is 24.3 Å². The molecular weight excluding hydrogens is 313 g/mol. The molecule has 1 aliphatic carbocycles. The Morgan fingerprint density at radius 3 is 2.87 bits per heavy atom. The van der Waals surface area contributed by atoms with Gasteiger partial charge in [-0.2, -0.15) is 13.2 Å². The van der Waals surface area contributed by atoms with Crippen LogP contribution in [0.5, 0.6) is 5.75 Å². The molecule has 23 heavy (non-hydrogen) atoms. The Bertz CT molecular complexity index is 587. The first-order valence-corrected chi connectivity index (χ1v) is 7.46. The maximum absolute atomic E-state index is 12.1. The lowest BCUT2D eigenvalue weighted by Crippen LogP contribution is -2.25. The van der Waals surface area contributed by atoms with E-state index in [4.69, 9.17) is 9.47 Å². The average Bonchev–Trinajstić information content (AvgIpc) is 3.21. The summed E-state index contributed by atoms with van der Waals surface area (Å²) in [5.41, 5.74) is 0.778. The van der Waals surface area contributed by atoms with E-state index in [0.29, 0.717) is 13.0 Å². The summed E-state index contributed by atoms with van der Waals surface area (Å²) in [4.78, 5) is 12.1. The molecule has 2 aliphatic rings. The summed E-state index contributed by atoms with van der Waals surface area (Å²) in [6.07, 6.45) is -2.93. The first kappa shape index (κ1) is 16.1. The molecule has 0 amide bonds. The number of esters is 1. The van der Waals surface area contributed by atoms with Gasteiger partial charge in [-0.25, -0.2) is 0 Å². The highest BCUT2D eigenvalue weighted by atomic mass is 19.4. The maximum atomic E-state index is 12.1. The molecule has 1 heterocycles. The molecule has 4 nitrogen and oxygen atoms in total. The van der Waals surface area contributed by atoms with Crippen LogP contribution >= 0.6 is 0 Å². The van der Waals surface area contributed by atoms with Gasteiger partial charge < -0.3 is 14.2 Å². The molecule has 7 heteroatoms. The van der Waals surface area contributed by atoms with Gasteiger partial charge in [-0.1, -0.05) is 18.2 Å². The first-order valence-electron chi connectivity index (χ1n) is 7.46. The van der Waals surface area contributed by atoms with E-state index in [0.717, 1.165) is 17.7 Å². The molecule has 0 bridgehead atoms. The third-order valence-electron chi connectivity index (χ3n) is 4.33. The summed E-state index contributed by atoms with van der Waals surface area (Å²) in [6.45, 7) is -1.21. The fourth-order valence-electron chi connectivity index (χ4n) is 3.16. The highest BCUT2D eigenvalue weighted by Gasteiger charge is 2.61. The van der Waals surface area contributed by atoms with Gasteiger partial charge in [0.05, 0.1) is 19.1 Å². The van der Waals surface area contributed by atoms with Crippen molar-refractivity contribution in [2.45, 2.75) is 24.4 Å². The normalized spacial score (nSPS) is 25.6. The van der Waals surface area contributed by atoms with Crippen LogP contribution in [0.4, 0.5) is 13.2 Å². The number of rotatable bonds is 5. The maximum Gasteiger partial charge on any atom is 0.411 e. The topological polar surface area (TPSA) is 44.8 Å². The van der Waals surface area contributed by atoms with Crippen LogP contribution in [0.15, 0.2) is 24.3 Å². The zero-order valence-electron chi connectivity index (χ0n) is 12.4. The molecule has 0 N–H and O–H groups in total. The summed E-state index contributed by atoms with van der Waals surface area (Å²) < 4.78 is 50.8. The van der Waals surface area contributed by atoms with Crippen molar-refractivity contribution in [2.75, 3.05) is 26.4 Å². The Morgan fingerprint density at radius 2 is 2.09 bits per heavy atom. The number of carbonyl (C=O) groups is 1. The Labute approximate surface area is 131 Å². The van der Waals surface area contributed by atoms with Crippen molar-refractivity contribution in [2.24, 2.45) is 5.92 Å². The third-order valence-corrected chi connectivity index (χ3v) is 4.33. The van der Waals surface area contributed by atoms with Gasteiger partial charge in [0.15, 0.2) is 0 Å². The second kappa shape index (κ2) is 6.03. The van der Waals surface area contributed by atoms with Crippen molar-refractivity contribution in [3.63, 3.8) is 0 Å². The van der Waals surface area contributed by atoms with Gasteiger partial charge in [-0.3, -0.25) is 4.79 Å². The number of hydrogen-bond acceptors (Lipinski definition) is 4. The molecule has 126 valence electrons. The Hall–Kier alpha value is -1.76. The van der Waals surface area contributed by atoms with Crippen LogP contribution in [-0.2, 0) is 19.7 Å². The van der Waals surface area contributed by atoms with Gasteiger partial charge in [0.1, 0.15) is 19.0 Å². The molecule has 3 rings (SSSR count). The van der Waals surface area contributed by atoms with E-state index >= 15 is 0 Å². The average molecular weight is 330 g/mol. The van der Waals surface area contributed by atoms with E-state index in [9.17, 15) is 18.0 Å². The Kier molecular flexibility index (Phi) is 4.23. The molecule has 0 aromatic heterocycles. The number of benzene rings is 1. The van der Waals surface area contributed by atoms with E-state index in [2.05, 4.69) is 4.74 Å². The Morgan fingerprint density at radius 1 is 1.30 bits per heavy atom. The number of hydrogen-bond donors (Lipinski definition) is 0. The van der Waals surface area contributed by atoms with E-state index < -0.39 is 12.8 Å². The summed E-state index contributed by atoms with van der Waals surface area (Å²) in [5.74, 6) is 0.162. The monoisotopic (exact) mass is 330 g/mol. The minimum atomic E-state index is -4.36. The van der Waals surface area contributed by atoms with E-state index in [1.165, 1.54) is 0 Å². The number of fused-ring (bicyclic) bond motifs is 2. The minimum Gasteiger partial charge on any atom is -0.493 e. The molecule has 0 saturated heterocycles. The quantitative estimate of drug-likeness (QED) is 0.615. The highest BCUT2D eigenvalue weighted by molar-refractivity contribution is 5.80. The molecular formula is C16H17F3O4. The number of alkyl halides is 3. The lowest BCUT2D eigenvalue weighted by molar-refractivity contribution is -0.177. The Balaban J connectivity index is 1.50. The van der Waals surface area contributed by atoms with Crippen molar-refractivity contribution in [3.05, 3.63) is 29.8 Å². The summed E-state index contributed by atoms with van der Waals surface area (Å²) in [5, 5.41) is 0. The first-order chi connectivity index (χ1) is 10.9. The van der Waals surface area contributed by atoms with Crippen molar-refractivity contribution in [3.8, 4) is 5.75 Å². The van der Waals surface area contributed by atoms with Crippen molar-refractivity contribution in [1.82, 2.24) is 0 Å². The molecule has 1 spiro atoms. The molecule has 1 aromatic carbocycles. The van der Waals surface area contributed by atoms with Gasteiger partial charge in [0.2, 0.25) is 0 Å². The van der Waals surface area contributed by atoms with Crippen molar-refractivity contribution in [1.29, 1.82) is 0 Å². The highest BCUT2D eigenvalue weighted by Crippen LogP contribution is 2.60. The summed E-state index contributed by atoms with van der Waals surface area (Å²) in [6, 6.07) is 7.61. The van der Waals surface area contributed by atoms with Gasteiger partial charge in [-0.05, 0) is 18.9 Å². The van der Waals surface area contributed by atoms with Crippen LogP contribution in [0.2, 0.25) is 0 Å². The lowest BCUT2D eigenvalue weighted by Gasteiger charge is -2.26. The fraction of sp³-hybridized carbons (Fsp3) is 0.562. The molecule has 0 unspecified atom stereocenters. The zero-order valence-corrected chi connectivity index (χ0v) is 12.4. The molecule has 0 radical (unpaired) electrons. The van der Waals surface area contributed by atoms with Crippen molar-refractivity contribution < 1.29 is 32.2 Å². The zero-order chi connectivity index (χ0) is 16.5. The third kappa shape index (κ3) is 3.44. The molecule has 2 atom stereocenters. The van der Waals surface area contributed by atoms with Crippen LogP contribution in [0.1, 0.15) is 18.4 Å². The van der Waals surface area contributed by atoms with Crippen LogP contribution in [0.3, 0.4) is 0 Å². The summed E-state index contributed by atoms with van der Waals surface area (Å²) in [7, 11) is 0. The predicted molar refractivity (Wildman–Crippen MR) is 74.2 cm³/mol. The van der Waals surface area contributed by atoms with E-state index in [-0.39, 0.29) is 30.5 Å².